The molecule has 0 spiro atoms. The molecule has 110 valence electrons. The summed E-state index contributed by atoms with van der Waals surface area (Å²) < 4.78 is 14.3. The van der Waals surface area contributed by atoms with Crippen LogP contribution in [-0.2, 0) is 4.79 Å². The molecule has 0 radical (unpaired) electrons. The quantitative estimate of drug-likeness (QED) is 0.569. The molecule has 0 aliphatic carbocycles. The van der Waals surface area contributed by atoms with Crippen LogP contribution in [0, 0.1) is 5.82 Å². The summed E-state index contributed by atoms with van der Waals surface area (Å²) in [5.74, 6) is -0.752. The van der Waals surface area contributed by atoms with E-state index in [4.69, 9.17) is 23.8 Å². The number of anilines is 1. The monoisotopic (exact) mass is 349 g/mol. The third kappa shape index (κ3) is 2.79. The molecule has 2 aromatic carbocycles. The smallest absolute Gasteiger partial charge is 0.268 e. The summed E-state index contributed by atoms with van der Waals surface area (Å²) in [6.07, 6.45) is 1.44. The molecule has 2 aromatic rings. The lowest BCUT2D eigenvalue weighted by Gasteiger charge is -2.13. The Balaban J connectivity index is 2.00. The van der Waals surface area contributed by atoms with Crippen LogP contribution in [0.15, 0.2) is 53.4 Å². The highest BCUT2D eigenvalue weighted by atomic mass is 35.5. The molecule has 1 fully saturated rings. The molecular formula is C16H9ClFNOS2. The highest BCUT2D eigenvalue weighted by Gasteiger charge is 2.33. The molecular weight excluding hydrogens is 341 g/mol. The topological polar surface area (TPSA) is 20.3 Å². The van der Waals surface area contributed by atoms with E-state index < -0.39 is 5.82 Å². The summed E-state index contributed by atoms with van der Waals surface area (Å²) in [6.45, 7) is 0. The molecule has 0 unspecified atom stereocenters. The number of rotatable bonds is 2. The highest BCUT2D eigenvalue weighted by molar-refractivity contribution is 8.27. The zero-order chi connectivity index (χ0) is 15.7. The SMILES string of the molecule is O=C1C(=Cc2c(F)cccc2Cl)SC(=S)N1c1ccccc1. The number of carbonyl (C=O) groups is 1. The first-order valence-corrected chi connectivity index (χ1v) is 7.95. The van der Waals surface area contributed by atoms with Gasteiger partial charge in [0.25, 0.3) is 5.91 Å². The van der Waals surface area contributed by atoms with E-state index in [-0.39, 0.29) is 16.5 Å². The van der Waals surface area contributed by atoms with Crippen LogP contribution in [0.5, 0.6) is 0 Å². The number of carbonyl (C=O) groups excluding carboxylic acids is 1. The number of halogens is 2. The van der Waals surface area contributed by atoms with Crippen molar-refractivity contribution in [2.24, 2.45) is 0 Å². The normalized spacial score (nSPS) is 16.6. The Morgan fingerprint density at radius 3 is 2.55 bits per heavy atom. The lowest BCUT2D eigenvalue weighted by Crippen LogP contribution is -2.27. The van der Waals surface area contributed by atoms with Crippen molar-refractivity contribution in [1.29, 1.82) is 0 Å². The van der Waals surface area contributed by atoms with Gasteiger partial charge in [0.05, 0.1) is 15.6 Å². The van der Waals surface area contributed by atoms with Crippen molar-refractivity contribution in [1.82, 2.24) is 0 Å². The van der Waals surface area contributed by atoms with E-state index in [1.54, 1.807) is 18.2 Å². The third-order valence-electron chi connectivity index (χ3n) is 3.08. The van der Waals surface area contributed by atoms with E-state index >= 15 is 0 Å². The van der Waals surface area contributed by atoms with Crippen LogP contribution < -0.4 is 4.90 Å². The minimum absolute atomic E-state index is 0.192. The molecule has 1 aliphatic rings. The first kappa shape index (κ1) is 15.2. The summed E-state index contributed by atoms with van der Waals surface area (Å²) >= 11 is 12.4. The standard InChI is InChI=1S/C16H9ClFNOS2/c17-12-7-4-8-13(18)11(12)9-14-15(20)19(16(21)22-14)10-5-2-1-3-6-10/h1-9H. The van der Waals surface area contributed by atoms with Crippen molar-refractivity contribution in [2.75, 3.05) is 4.90 Å². The van der Waals surface area contributed by atoms with E-state index in [0.29, 0.717) is 14.9 Å². The van der Waals surface area contributed by atoms with Crippen LogP contribution in [0.4, 0.5) is 10.1 Å². The zero-order valence-corrected chi connectivity index (χ0v) is 13.5. The van der Waals surface area contributed by atoms with Gasteiger partial charge in [-0.15, -0.1) is 0 Å². The number of hydrogen-bond donors (Lipinski definition) is 0. The van der Waals surface area contributed by atoms with Gasteiger partial charge in [0, 0.05) is 5.56 Å². The molecule has 1 saturated heterocycles. The average Bonchev–Trinajstić information content (AvgIpc) is 2.78. The second-order valence-corrected chi connectivity index (χ2v) is 6.57. The van der Waals surface area contributed by atoms with Crippen molar-refractivity contribution in [3.05, 3.63) is 69.8 Å². The van der Waals surface area contributed by atoms with Gasteiger partial charge in [-0.3, -0.25) is 9.69 Å². The van der Waals surface area contributed by atoms with Gasteiger partial charge in [-0.25, -0.2) is 4.39 Å². The van der Waals surface area contributed by atoms with E-state index in [0.717, 1.165) is 11.8 Å². The Bertz CT molecular complexity index is 772. The van der Waals surface area contributed by atoms with Crippen molar-refractivity contribution >= 4 is 57.6 Å². The minimum atomic E-state index is -0.475. The van der Waals surface area contributed by atoms with Crippen LogP contribution in [0.1, 0.15) is 5.56 Å². The number of amides is 1. The summed E-state index contributed by atoms with van der Waals surface area (Å²) in [6, 6.07) is 13.5. The number of hydrogen-bond acceptors (Lipinski definition) is 3. The number of para-hydroxylation sites is 1. The highest BCUT2D eigenvalue weighted by Crippen LogP contribution is 2.37. The fourth-order valence-corrected chi connectivity index (χ4v) is 3.55. The van der Waals surface area contributed by atoms with Gasteiger partial charge in [-0.2, -0.15) is 0 Å². The molecule has 0 atom stereocenters. The van der Waals surface area contributed by atoms with E-state index in [1.807, 2.05) is 18.2 Å². The Morgan fingerprint density at radius 1 is 1.14 bits per heavy atom. The Labute approximate surface area is 141 Å². The second-order valence-electron chi connectivity index (χ2n) is 4.49. The second kappa shape index (κ2) is 6.20. The Kier molecular flexibility index (Phi) is 4.29. The fraction of sp³-hybridized carbons (Fsp3) is 0. The van der Waals surface area contributed by atoms with Crippen molar-refractivity contribution in [3.8, 4) is 0 Å². The van der Waals surface area contributed by atoms with Crippen molar-refractivity contribution in [2.45, 2.75) is 0 Å². The first-order valence-electron chi connectivity index (χ1n) is 6.35. The molecule has 0 N–H and O–H groups in total. The van der Waals surface area contributed by atoms with Crippen LogP contribution in [-0.4, -0.2) is 10.2 Å². The van der Waals surface area contributed by atoms with Gasteiger partial charge in [0.15, 0.2) is 4.32 Å². The third-order valence-corrected chi connectivity index (χ3v) is 4.71. The molecule has 3 rings (SSSR count). The predicted octanol–water partition coefficient (Wildman–Crippen LogP) is 4.88. The van der Waals surface area contributed by atoms with Crippen LogP contribution >= 0.6 is 35.6 Å². The minimum Gasteiger partial charge on any atom is -0.268 e. The summed E-state index contributed by atoms with van der Waals surface area (Å²) in [4.78, 5) is 14.3. The molecule has 22 heavy (non-hydrogen) atoms. The fourth-order valence-electron chi connectivity index (χ4n) is 2.05. The van der Waals surface area contributed by atoms with Crippen molar-refractivity contribution < 1.29 is 9.18 Å². The van der Waals surface area contributed by atoms with E-state index in [9.17, 15) is 9.18 Å². The summed E-state index contributed by atoms with van der Waals surface area (Å²) in [7, 11) is 0. The maximum Gasteiger partial charge on any atom is 0.270 e. The zero-order valence-electron chi connectivity index (χ0n) is 11.1. The van der Waals surface area contributed by atoms with Gasteiger partial charge in [-0.1, -0.05) is 59.8 Å². The Morgan fingerprint density at radius 2 is 1.86 bits per heavy atom. The number of nitrogens with zero attached hydrogens (tertiary/aromatic N) is 1. The molecule has 0 aromatic heterocycles. The number of thiocarbonyl (C=S) groups is 1. The van der Waals surface area contributed by atoms with Gasteiger partial charge in [-0.05, 0) is 30.3 Å². The lowest BCUT2D eigenvalue weighted by atomic mass is 10.2. The maximum atomic E-state index is 13.9. The van der Waals surface area contributed by atoms with Gasteiger partial charge in [0.1, 0.15) is 5.82 Å². The molecule has 6 heteroatoms. The van der Waals surface area contributed by atoms with Crippen LogP contribution in [0.25, 0.3) is 6.08 Å². The number of benzene rings is 2. The molecule has 0 saturated carbocycles. The first-order chi connectivity index (χ1) is 10.6. The predicted molar refractivity (Wildman–Crippen MR) is 93.5 cm³/mol. The van der Waals surface area contributed by atoms with Gasteiger partial charge >= 0.3 is 0 Å². The molecule has 2 nitrogen and oxygen atoms in total. The van der Waals surface area contributed by atoms with Crippen molar-refractivity contribution in [3.63, 3.8) is 0 Å². The van der Waals surface area contributed by atoms with Crippen LogP contribution in [0.3, 0.4) is 0 Å². The maximum absolute atomic E-state index is 13.9. The average molecular weight is 350 g/mol. The van der Waals surface area contributed by atoms with Crippen LogP contribution in [0.2, 0.25) is 5.02 Å². The summed E-state index contributed by atoms with van der Waals surface area (Å²) in [5.41, 5.74) is 0.880. The molecule has 1 amide bonds. The summed E-state index contributed by atoms with van der Waals surface area (Å²) in [5, 5.41) is 0.255. The van der Waals surface area contributed by atoms with Gasteiger partial charge < -0.3 is 0 Å². The Hall–Kier alpha value is -1.69. The largest absolute Gasteiger partial charge is 0.270 e. The molecule has 0 bridgehead atoms. The molecule has 1 heterocycles. The number of thioether (sulfide) groups is 1. The lowest BCUT2D eigenvalue weighted by molar-refractivity contribution is -0.113. The van der Waals surface area contributed by atoms with Gasteiger partial charge in [0.2, 0.25) is 0 Å². The van der Waals surface area contributed by atoms with E-state index in [2.05, 4.69) is 0 Å². The molecule has 1 aliphatic heterocycles. The van der Waals surface area contributed by atoms with E-state index in [1.165, 1.54) is 23.1 Å².